The van der Waals surface area contributed by atoms with Crippen LogP contribution in [0, 0.1) is 11.8 Å². The van der Waals surface area contributed by atoms with Crippen molar-refractivity contribution in [2.45, 2.75) is 39.9 Å². The Labute approximate surface area is 94.0 Å². The van der Waals surface area contributed by atoms with Crippen LogP contribution in [0.1, 0.15) is 27.7 Å². The molecule has 0 aromatic carbocycles. The Morgan fingerprint density at radius 1 is 1.20 bits per heavy atom. The van der Waals surface area contributed by atoms with E-state index in [-0.39, 0.29) is 0 Å². The van der Waals surface area contributed by atoms with E-state index in [0.29, 0.717) is 24.0 Å². The van der Waals surface area contributed by atoms with Crippen LogP contribution in [0.15, 0.2) is 0 Å². The minimum atomic E-state index is 0.391. The summed E-state index contributed by atoms with van der Waals surface area (Å²) in [4.78, 5) is 2.43. The van der Waals surface area contributed by atoms with Crippen molar-refractivity contribution in [2.75, 3.05) is 26.2 Å². The smallest absolute Gasteiger partial charge is 0.0594 e. The maximum Gasteiger partial charge on any atom is 0.0594 e. The highest BCUT2D eigenvalue weighted by Crippen LogP contribution is 2.32. The summed E-state index contributed by atoms with van der Waals surface area (Å²) < 4.78 is 5.85. The van der Waals surface area contributed by atoms with Gasteiger partial charge in [0.1, 0.15) is 0 Å². The van der Waals surface area contributed by atoms with Gasteiger partial charge in [-0.2, -0.15) is 0 Å². The molecule has 0 amide bonds. The average molecular weight is 214 g/mol. The Hall–Kier alpha value is -0.120. The van der Waals surface area contributed by atoms with Gasteiger partial charge in [-0.1, -0.05) is 13.8 Å². The molecule has 1 saturated heterocycles. The number of hydrogen-bond acceptors (Lipinski definition) is 3. The number of nitrogens with zero attached hydrogens (tertiary/aromatic N) is 1. The molecule has 0 spiro atoms. The van der Waals surface area contributed by atoms with Gasteiger partial charge >= 0.3 is 0 Å². The molecule has 1 fully saturated rings. The Morgan fingerprint density at radius 2 is 1.87 bits per heavy atom. The number of likely N-dealkylation sites (N-methyl/N-ethyl adjacent to an activating group) is 1. The zero-order valence-corrected chi connectivity index (χ0v) is 10.6. The van der Waals surface area contributed by atoms with Gasteiger partial charge in [-0.15, -0.1) is 0 Å². The molecule has 2 N–H and O–H groups in total. The molecular weight excluding hydrogens is 188 g/mol. The van der Waals surface area contributed by atoms with Gasteiger partial charge in [0.05, 0.1) is 12.2 Å². The lowest BCUT2D eigenvalue weighted by atomic mass is 9.89. The molecule has 0 radical (unpaired) electrons. The standard InChI is InChI=1S/C12H26N2O/c1-5-14(7-6-13)8-12-9(2)10(3)15-11(12)4/h9-12H,5-8,13H2,1-4H3. The third-order valence-electron chi connectivity index (χ3n) is 3.81. The minimum absolute atomic E-state index is 0.391. The van der Waals surface area contributed by atoms with Crippen molar-refractivity contribution in [2.24, 2.45) is 17.6 Å². The molecule has 0 aliphatic carbocycles. The third kappa shape index (κ3) is 3.16. The number of nitrogens with two attached hydrogens (primary N) is 1. The molecule has 3 nitrogen and oxygen atoms in total. The number of rotatable bonds is 5. The lowest BCUT2D eigenvalue weighted by Gasteiger charge is -2.27. The summed E-state index contributed by atoms with van der Waals surface area (Å²) in [5, 5.41) is 0. The molecule has 0 aromatic heterocycles. The molecule has 4 atom stereocenters. The van der Waals surface area contributed by atoms with E-state index in [0.717, 1.165) is 26.2 Å². The third-order valence-corrected chi connectivity index (χ3v) is 3.81. The number of ether oxygens (including phenoxy) is 1. The second-order valence-electron chi connectivity index (χ2n) is 4.75. The fourth-order valence-corrected chi connectivity index (χ4v) is 2.51. The van der Waals surface area contributed by atoms with E-state index in [4.69, 9.17) is 10.5 Å². The van der Waals surface area contributed by atoms with Crippen molar-refractivity contribution in [3.8, 4) is 0 Å². The molecule has 0 aromatic rings. The number of hydrogen-bond donors (Lipinski definition) is 1. The van der Waals surface area contributed by atoms with E-state index < -0.39 is 0 Å². The molecule has 90 valence electrons. The zero-order chi connectivity index (χ0) is 11.4. The van der Waals surface area contributed by atoms with Crippen LogP contribution in [0.5, 0.6) is 0 Å². The largest absolute Gasteiger partial charge is 0.375 e. The summed E-state index contributed by atoms with van der Waals surface area (Å²) in [5.74, 6) is 1.32. The predicted octanol–water partition coefficient (Wildman–Crippen LogP) is 1.33. The fraction of sp³-hybridized carbons (Fsp3) is 1.00. The van der Waals surface area contributed by atoms with Crippen LogP contribution < -0.4 is 5.73 Å². The van der Waals surface area contributed by atoms with Gasteiger partial charge in [0, 0.05) is 25.6 Å². The second-order valence-corrected chi connectivity index (χ2v) is 4.75. The highest BCUT2D eigenvalue weighted by atomic mass is 16.5. The maximum absolute atomic E-state index is 5.85. The van der Waals surface area contributed by atoms with Crippen molar-refractivity contribution in [1.82, 2.24) is 4.90 Å². The lowest BCUT2D eigenvalue weighted by Crippen LogP contribution is -2.37. The minimum Gasteiger partial charge on any atom is -0.375 e. The summed E-state index contributed by atoms with van der Waals surface area (Å²) in [5.41, 5.74) is 5.60. The first-order valence-electron chi connectivity index (χ1n) is 6.18. The molecule has 0 saturated carbocycles. The molecule has 1 heterocycles. The van der Waals surface area contributed by atoms with E-state index in [1.807, 2.05) is 0 Å². The topological polar surface area (TPSA) is 38.5 Å². The van der Waals surface area contributed by atoms with Crippen LogP contribution in [0.4, 0.5) is 0 Å². The lowest BCUT2D eigenvalue weighted by molar-refractivity contribution is 0.0475. The SMILES string of the molecule is CCN(CCN)CC1C(C)OC(C)C1C. The Balaban J connectivity index is 2.48. The van der Waals surface area contributed by atoms with Gasteiger partial charge in [0.2, 0.25) is 0 Å². The summed E-state index contributed by atoms with van der Waals surface area (Å²) in [6.07, 6.45) is 0.795. The van der Waals surface area contributed by atoms with Crippen molar-refractivity contribution >= 4 is 0 Å². The average Bonchev–Trinajstić information content (AvgIpc) is 2.44. The van der Waals surface area contributed by atoms with E-state index >= 15 is 0 Å². The van der Waals surface area contributed by atoms with Crippen LogP contribution in [0.3, 0.4) is 0 Å². The predicted molar refractivity (Wildman–Crippen MR) is 63.8 cm³/mol. The molecule has 1 aliphatic heterocycles. The molecule has 3 heteroatoms. The van der Waals surface area contributed by atoms with Gasteiger partial charge in [-0.25, -0.2) is 0 Å². The summed E-state index contributed by atoms with van der Waals surface area (Å²) in [7, 11) is 0. The Kier molecular flexibility index (Phi) is 5.03. The van der Waals surface area contributed by atoms with Crippen molar-refractivity contribution in [1.29, 1.82) is 0 Å². The normalized spacial score (nSPS) is 36.4. The highest BCUT2D eigenvalue weighted by molar-refractivity contribution is 4.85. The van der Waals surface area contributed by atoms with Crippen molar-refractivity contribution in [3.63, 3.8) is 0 Å². The van der Waals surface area contributed by atoms with Gasteiger partial charge in [-0.3, -0.25) is 0 Å². The van der Waals surface area contributed by atoms with Gasteiger partial charge < -0.3 is 15.4 Å². The van der Waals surface area contributed by atoms with Crippen molar-refractivity contribution < 1.29 is 4.74 Å². The molecule has 1 aliphatic rings. The van der Waals surface area contributed by atoms with Crippen LogP contribution in [0.25, 0.3) is 0 Å². The summed E-state index contributed by atoms with van der Waals surface area (Å²) in [6, 6.07) is 0. The first-order chi connectivity index (χ1) is 7.10. The van der Waals surface area contributed by atoms with Gasteiger partial charge in [-0.05, 0) is 26.3 Å². The Bertz CT molecular complexity index is 186. The van der Waals surface area contributed by atoms with E-state index in [2.05, 4.69) is 32.6 Å². The monoisotopic (exact) mass is 214 g/mol. The second kappa shape index (κ2) is 5.83. The summed E-state index contributed by atoms with van der Waals surface area (Å²) >= 11 is 0. The molecule has 0 bridgehead atoms. The molecular formula is C12H26N2O. The summed E-state index contributed by atoms with van der Waals surface area (Å²) in [6.45, 7) is 12.8. The quantitative estimate of drug-likeness (QED) is 0.750. The first kappa shape index (κ1) is 12.9. The molecule has 4 unspecified atom stereocenters. The van der Waals surface area contributed by atoms with Crippen LogP contribution >= 0.6 is 0 Å². The fourth-order valence-electron chi connectivity index (χ4n) is 2.51. The van der Waals surface area contributed by atoms with E-state index in [1.54, 1.807) is 0 Å². The van der Waals surface area contributed by atoms with E-state index in [1.165, 1.54) is 0 Å². The molecule has 15 heavy (non-hydrogen) atoms. The maximum atomic E-state index is 5.85. The van der Waals surface area contributed by atoms with Crippen LogP contribution in [-0.4, -0.2) is 43.3 Å². The van der Waals surface area contributed by atoms with Crippen LogP contribution in [-0.2, 0) is 4.74 Å². The van der Waals surface area contributed by atoms with Gasteiger partial charge in [0.15, 0.2) is 0 Å². The van der Waals surface area contributed by atoms with Crippen molar-refractivity contribution in [3.05, 3.63) is 0 Å². The highest BCUT2D eigenvalue weighted by Gasteiger charge is 2.37. The Morgan fingerprint density at radius 3 is 2.27 bits per heavy atom. The van der Waals surface area contributed by atoms with E-state index in [9.17, 15) is 0 Å². The van der Waals surface area contributed by atoms with Gasteiger partial charge in [0.25, 0.3) is 0 Å². The van der Waals surface area contributed by atoms with Crippen LogP contribution in [0.2, 0.25) is 0 Å². The first-order valence-corrected chi connectivity index (χ1v) is 6.18. The molecule has 1 rings (SSSR count). The zero-order valence-electron chi connectivity index (χ0n) is 10.6.